The van der Waals surface area contributed by atoms with Crippen molar-refractivity contribution in [3.05, 3.63) is 29.3 Å². The van der Waals surface area contributed by atoms with Crippen LogP contribution in [-0.4, -0.2) is 24.6 Å². The van der Waals surface area contributed by atoms with E-state index in [9.17, 15) is 9.59 Å². The highest BCUT2D eigenvalue weighted by Crippen LogP contribution is 2.18. The third kappa shape index (κ3) is 4.08. The Kier molecular flexibility index (Phi) is 4.71. The summed E-state index contributed by atoms with van der Waals surface area (Å²) in [5.74, 6) is -0.694. The van der Waals surface area contributed by atoms with Gasteiger partial charge in [0.15, 0.2) is 12.7 Å². The molecule has 1 amide bonds. The zero-order valence-electron chi connectivity index (χ0n) is 10.7. The average molecular weight is 251 g/mol. The minimum absolute atomic E-state index is 0.248. The zero-order valence-corrected chi connectivity index (χ0v) is 10.7. The smallest absolute Gasteiger partial charge is 0.344 e. The second-order valence-electron chi connectivity index (χ2n) is 4.09. The molecule has 1 rings (SSSR count). The Morgan fingerprint density at radius 2 is 2.00 bits per heavy atom. The van der Waals surface area contributed by atoms with E-state index in [1.165, 1.54) is 6.92 Å². The lowest BCUT2D eigenvalue weighted by molar-refractivity contribution is -0.155. The number of primary amides is 1. The molecule has 1 aromatic rings. The maximum atomic E-state index is 11.4. The summed E-state index contributed by atoms with van der Waals surface area (Å²) in [4.78, 5) is 22.1. The van der Waals surface area contributed by atoms with Crippen molar-refractivity contribution in [3.8, 4) is 5.75 Å². The molecular formula is C13H17NO4. The van der Waals surface area contributed by atoms with Gasteiger partial charge in [-0.1, -0.05) is 17.7 Å². The number of hydrogen-bond acceptors (Lipinski definition) is 4. The van der Waals surface area contributed by atoms with Crippen LogP contribution in [0.5, 0.6) is 5.75 Å². The molecule has 5 nitrogen and oxygen atoms in total. The number of carbonyl (C=O) groups is 2. The molecule has 0 aliphatic heterocycles. The normalized spacial score (nSPS) is 11.7. The third-order valence-electron chi connectivity index (χ3n) is 2.38. The quantitative estimate of drug-likeness (QED) is 0.795. The second-order valence-corrected chi connectivity index (χ2v) is 4.09. The summed E-state index contributed by atoms with van der Waals surface area (Å²) in [6.45, 7) is 5.03. The Morgan fingerprint density at radius 3 is 2.56 bits per heavy atom. The highest BCUT2D eigenvalue weighted by Gasteiger charge is 2.15. The topological polar surface area (TPSA) is 78.6 Å². The van der Waals surface area contributed by atoms with Gasteiger partial charge in [-0.2, -0.15) is 0 Å². The van der Waals surface area contributed by atoms with E-state index in [-0.39, 0.29) is 6.61 Å². The maximum Gasteiger partial charge on any atom is 0.344 e. The molecule has 18 heavy (non-hydrogen) atoms. The standard InChI is InChI=1S/C13H17NO4/c1-8-4-5-11(9(2)6-8)17-7-12(15)18-10(3)13(14)16/h4-6,10H,7H2,1-3H3,(H2,14,16)/t10-/m0/s1. The lowest BCUT2D eigenvalue weighted by Gasteiger charge is -2.11. The van der Waals surface area contributed by atoms with Gasteiger partial charge in [0.25, 0.3) is 5.91 Å². The van der Waals surface area contributed by atoms with Crippen LogP contribution in [-0.2, 0) is 14.3 Å². The van der Waals surface area contributed by atoms with Crippen LogP contribution in [0.3, 0.4) is 0 Å². The monoisotopic (exact) mass is 251 g/mol. The summed E-state index contributed by atoms with van der Waals surface area (Å²) in [6.07, 6.45) is -0.944. The predicted molar refractivity (Wildman–Crippen MR) is 66.2 cm³/mol. The molecule has 0 saturated carbocycles. The van der Waals surface area contributed by atoms with Gasteiger partial charge in [-0.15, -0.1) is 0 Å². The van der Waals surface area contributed by atoms with Gasteiger partial charge in [-0.3, -0.25) is 4.79 Å². The first-order valence-corrected chi connectivity index (χ1v) is 5.59. The van der Waals surface area contributed by atoms with Gasteiger partial charge in [0.2, 0.25) is 0 Å². The van der Waals surface area contributed by atoms with Crippen LogP contribution in [0.15, 0.2) is 18.2 Å². The zero-order chi connectivity index (χ0) is 13.7. The van der Waals surface area contributed by atoms with E-state index in [4.69, 9.17) is 15.2 Å². The first-order chi connectivity index (χ1) is 8.40. The van der Waals surface area contributed by atoms with E-state index in [1.54, 1.807) is 6.07 Å². The highest BCUT2D eigenvalue weighted by molar-refractivity contribution is 5.82. The van der Waals surface area contributed by atoms with Crippen molar-refractivity contribution in [1.29, 1.82) is 0 Å². The van der Waals surface area contributed by atoms with E-state index < -0.39 is 18.0 Å². The number of nitrogens with two attached hydrogens (primary N) is 1. The molecule has 0 saturated heterocycles. The van der Waals surface area contributed by atoms with Gasteiger partial charge >= 0.3 is 5.97 Å². The van der Waals surface area contributed by atoms with Crippen LogP contribution in [0, 0.1) is 13.8 Å². The fraction of sp³-hybridized carbons (Fsp3) is 0.385. The molecule has 0 aromatic heterocycles. The highest BCUT2D eigenvalue weighted by atomic mass is 16.6. The van der Waals surface area contributed by atoms with Gasteiger partial charge in [0, 0.05) is 0 Å². The summed E-state index contributed by atoms with van der Waals surface area (Å²) in [5.41, 5.74) is 7.03. The summed E-state index contributed by atoms with van der Waals surface area (Å²) in [6, 6.07) is 5.63. The molecule has 98 valence electrons. The van der Waals surface area contributed by atoms with Crippen LogP contribution < -0.4 is 10.5 Å². The Morgan fingerprint density at radius 1 is 1.33 bits per heavy atom. The molecule has 2 N–H and O–H groups in total. The molecule has 0 aliphatic carbocycles. The molecule has 0 spiro atoms. The van der Waals surface area contributed by atoms with Crippen LogP contribution in [0.4, 0.5) is 0 Å². The fourth-order valence-corrected chi connectivity index (χ4v) is 1.39. The van der Waals surface area contributed by atoms with Crippen LogP contribution in [0.25, 0.3) is 0 Å². The van der Waals surface area contributed by atoms with Crippen LogP contribution in [0.1, 0.15) is 18.1 Å². The van der Waals surface area contributed by atoms with Crippen molar-refractivity contribution in [2.24, 2.45) is 5.73 Å². The van der Waals surface area contributed by atoms with E-state index in [0.29, 0.717) is 5.75 Å². The Balaban J connectivity index is 2.50. The first kappa shape index (κ1) is 14.0. The van der Waals surface area contributed by atoms with Crippen molar-refractivity contribution in [3.63, 3.8) is 0 Å². The van der Waals surface area contributed by atoms with E-state index in [1.807, 2.05) is 26.0 Å². The lowest BCUT2D eigenvalue weighted by atomic mass is 10.1. The largest absolute Gasteiger partial charge is 0.482 e. The first-order valence-electron chi connectivity index (χ1n) is 5.59. The van der Waals surface area contributed by atoms with Crippen LogP contribution in [0.2, 0.25) is 0 Å². The maximum absolute atomic E-state index is 11.4. The van der Waals surface area contributed by atoms with Gasteiger partial charge in [-0.05, 0) is 32.4 Å². The van der Waals surface area contributed by atoms with Crippen molar-refractivity contribution >= 4 is 11.9 Å². The number of ether oxygens (including phenoxy) is 2. The van der Waals surface area contributed by atoms with Crippen LogP contribution >= 0.6 is 0 Å². The predicted octanol–water partition coefficient (Wildman–Crippen LogP) is 1.10. The average Bonchev–Trinajstić information content (AvgIpc) is 2.27. The molecule has 0 heterocycles. The molecule has 1 aromatic carbocycles. The summed E-state index contributed by atoms with van der Waals surface area (Å²) in [5, 5.41) is 0. The van der Waals surface area contributed by atoms with Crippen molar-refractivity contribution < 1.29 is 19.1 Å². The van der Waals surface area contributed by atoms with Gasteiger partial charge in [-0.25, -0.2) is 4.79 Å². The molecule has 0 fully saturated rings. The molecule has 0 bridgehead atoms. The Bertz CT molecular complexity index is 456. The molecule has 0 unspecified atom stereocenters. The number of benzene rings is 1. The number of rotatable bonds is 5. The number of amides is 1. The van der Waals surface area contributed by atoms with E-state index in [2.05, 4.69) is 0 Å². The third-order valence-corrected chi connectivity index (χ3v) is 2.38. The van der Waals surface area contributed by atoms with Gasteiger partial charge < -0.3 is 15.2 Å². The summed E-state index contributed by atoms with van der Waals surface area (Å²) >= 11 is 0. The minimum atomic E-state index is -0.944. The number of hydrogen-bond donors (Lipinski definition) is 1. The number of carbonyl (C=O) groups excluding carboxylic acids is 2. The summed E-state index contributed by atoms with van der Waals surface area (Å²) < 4.78 is 10.1. The Labute approximate surface area is 106 Å². The van der Waals surface area contributed by atoms with Crippen molar-refractivity contribution in [2.45, 2.75) is 26.9 Å². The molecule has 1 atom stereocenters. The molecule has 0 radical (unpaired) electrons. The molecule has 0 aliphatic rings. The summed E-state index contributed by atoms with van der Waals surface area (Å²) in [7, 11) is 0. The fourth-order valence-electron chi connectivity index (χ4n) is 1.39. The Hall–Kier alpha value is -2.04. The van der Waals surface area contributed by atoms with Gasteiger partial charge in [0.1, 0.15) is 5.75 Å². The lowest BCUT2D eigenvalue weighted by Crippen LogP contribution is -2.32. The van der Waals surface area contributed by atoms with E-state index in [0.717, 1.165) is 11.1 Å². The van der Waals surface area contributed by atoms with E-state index >= 15 is 0 Å². The van der Waals surface area contributed by atoms with Crippen molar-refractivity contribution in [1.82, 2.24) is 0 Å². The SMILES string of the molecule is Cc1ccc(OCC(=O)O[C@@H](C)C(N)=O)c(C)c1. The minimum Gasteiger partial charge on any atom is -0.482 e. The number of aryl methyl sites for hydroxylation is 2. The number of esters is 1. The molecular weight excluding hydrogens is 234 g/mol. The van der Waals surface area contributed by atoms with Gasteiger partial charge in [0.05, 0.1) is 0 Å². The molecule has 5 heteroatoms. The second kappa shape index (κ2) is 6.05. The van der Waals surface area contributed by atoms with Crippen molar-refractivity contribution in [2.75, 3.05) is 6.61 Å².